The van der Waals surface area contributed by atoms with E-state index in [0.717, 1.165) is 0 Å². The van der Waals surface area contributed by atoms with E-state index in [4.69, 9.17) is 4.42 Å². The summed E-state index contributed by atoms with van der Waals surface area (Å²) in [5.74, 6) is -0.0145. The molecule has 0 bridgehead atoms. The van der Waals surface area contributed by atoms with Crippen molar-refractivity contribution in [3.8, 4) is 0 Å². The van der Waals surface area contributed by atoms with Gasteiger partial charge in [0.1, 0.15) is 0 Å². The maximum absolute atomic E-state index is 12.7. The number of furan rings is 1. The van der Waals surface area contributed by atoms with Crippen molar-refractivity contribution in [2.75, 3.05) is 20.1 Å². The normalized spacial score (nSPS) is 14.8. The lowest BCUT2D eigenvalue weighted by atomic mass is 9.95. The van der Waals surface area contributed by atoms with Crippen LogP contribution in [0.25, 0.3) is 0 Å². The number of hydrogen-bond donors (Lipinski definition) is 0. The Morgan fingerprint density at radius 3 is 2.63 bits per heavy atom. The molecule has 2 amide bonds. The Hall–Kier alpha value is -3.16. The first kappa shape index (κ1) is 18.6. The highest BCUT2D eigenvalue weighted by Crippen LogP contribution is 2.22. The second-order valence-corrected chi connectivity index (χ2v) is 6.67. The largest absolute Gasteiger partial charge is 0.459 e. The number of nitro benzene ring substituents is 1. The molecule has 1 aliphatic heterocycles. The van der Waals surface area contributed by atoms with Gasteiger partial charge in [-0.25, -0.2) is 0 Å². The Kier molecular flexibility index (Phi) is 5.54. The molecule has 2 heterocycles. The molecule has 0 unspecified atom stereocenters. The van der Waals surface area contributed by atoms with Gasteiger partial charge < -0.3 is 14.2 Å². The number of non-ortho nitro benzene ring substituents is 1. The number of nitrogens with zero attached hydrogens (tertiary/aromatic N) is 3. The van der Waals surface area contributed by atoms with E-state index in [1.807, 2.05) is 0 Å². The molecule has 8 heteroatoms. The first-order valence-corrected chi connectivity index (χ1v) is 8.77. The summed E-state index contributed by atoms with van der Waals surface area (Å²) in [6.45, 7) is 1.31. The predicted octanol–water partition coefficient (Wildman–Crippen LogP) is 2.70. The highest BCUT2D eigenvalue weighted by Gasteiger charge is 2.30. The molecule has 27 heavy (non-hydrogen) atoms. The maximum atomic E-state index is 12.7. The number of carbonyl (C=O) groups excluding carboxylic acids is 2. The van der Waals surface area contributed by atoms with Gasteiger partial charge in [-0.1, -0.05) is 12.1 Å². The van der Waals surface area contributed by atoms with Crippen molar-refractivity contribution in [1.82, 2.24) is 9.80 Å². The summed E-state index contributed by atoms with van der Waals surface area (Å²) in [7, 11) is 1.70. The zero-order valence-corrected chi connectivity index (χ0v) is 15.0. The Labute approximate surface area is 156 Å². The zero-order valence-electron chi connectivity index (χ0n) is 15.0. The molecule has 0 atom stereocenters. The van der Waals surface area contributed by atoms with Gasteiger partial charge in [0.25, 0.3) is 11.6 Å². The van der Waals surface area contributed by atoms with Crippen LogP contribution in [0.2, 0.25) is 0 Å². The Bertz CT molecular complexity index is 826. The first-order valence-electron chi connectivity index (χ1n) is 8.77. The van der Waals surface area contributed by atoms with E-state index in [0.29, 0.717) is 43.8 Å². The molecule has 1 aromatic heterocycles. The molecule has 0 saturated carbocycles. The minimum atomic E-state index is -0.447. The molecule has 0 aliphatic carbocycles. The number of nitro groups is 1. The van der Waals surface area contributed by atoms with Crippen molar-refractivity contribution >= 4 is 17.5 Å². The van der Waals surface area contributed by atoms with E-state index in [-0.39, 0.29) is 23.4 Å². The average Bonchev–Trinajstić information content (AvgIpc) is 3.22. The molecule has 142 valence electrons. The second kappa shape index (κ2) is 8.03. The van der Waals surface area contributed by atoms with Crippen LogP contribution in [0, 0.1) is 16.0 Å². The van der Waals surface area contributed by atoms with Gasteiger partial charge in [0.2, 0.25) is 5.91 Å². The SMILES string of the molecule is CN(Cc1cccc([N+](=O)[O-])c1)C(=O)C1CCN(C(=O)c2ccco2)CC1. The van der Waals surface area contributed by atoms with Crippen molar-refractivity contribution in [1.29, 1.82) is 0 Å². The van der Waals surface area contributed by atoms with Gasteiger partial charge >= 0.3 is 0 Å². The first-order chi connectivity index (χ1) is 13.0. The van der Waals surface area contributed by atoms with Crippen molar-refractivity contribution in [2.45, 2.75) is 19.4 Å². The Morgan fingerprint density at radius 1 is 1.26 bits per heavy atom. The van der Waals surface area contributed by atoms with Crippen LogP contribution in [0.15, 0.2) is 47.1 Å². The summed E-state index contributed by atoms with van der Waals surface area (Å²) < 4.78 is 5.14. The monoisotopic (exact) mass is 371 g/mol. The van der Waals surface area contributed by atoms with Crippen molar-refractivity contribution in [2.24, 2.45) is 5.92 Å². The minimum Gasteiger partial charge on any atom is -0.459 e. The molecule has 0 radical (unpaired) electrons. The van der Waals surface area contributed by atoms with E-state index in [1.165, 1.54) is 18.4 Å². The number of amides is 2. The summed E-state index contributed by atoms with van der Waals surface area (Å²) in [4.78, 5) is 38.7. The third-order valence-corrected chi connectivity index (χ3v) is 4.78. The van der Waals surface area contributed by atoms with Crippen LogP contribution >= 0.6 is 0 Å². The fourth-order valence-corrected chi connectivity index (χ4v) is 3.32. The standard InChI is InChI=1S/C19H21N3O5/c1-20(13-14-4-2-5-16(12-14)22(25)26)18(23)15-7-9-21(10-8-15)19(24)17-6-3-11-27-17/h2-6,11-12,15H,7-10,13H2,1H3. The lowest BCUT2D eigenvalue weighted by Gasteiger charge is -2.32. The topological polar surface area (TPSA) is 96.9 Å². The molecule has 1 saturated heterocycles. The summed E-state index contributed by atoms with van der Waals surface area (Å²) >= 11 is 0. The van der Waals surface area contributed by atoms with Gasteiger partial charge in [0, 0.05) is 44.7 Å². The second-order valence-electron chi connectivity index (χ2n) is 6.67. The van der Waals surface area contributed by atoms with Gasteiger partial charge in [-0.15, -0.1) is 0 Å². The molecule has 0 spiro atoms. The fraction of sp³-hybridized carbons (Fsp3) is 0.368. The van der Waals surface area contributed by atoms with Crippen LogP contribution in [0.1, 0.15) is 29.0 Å². The molecule has 3 rings (SSSR count). The number of carbonyl (C=O) groups is 2. The molecule has 2 aromatic rings. The van der Waals surface area contributed by atoms with E-state index >= 15 is 0 Å². The summed E-state index contributed by atoms with van der Waals surface area (Å²) in [5.41, 5.74) is 0.726. The maximum Gasteiger partial charge on any atom is 0.289 e. The molecule has 8 nitrogen and oxygen atoms in total. The smallest absolute Gasteiger partial charge is 0.289 e. The molecule has 1 aromatic carbocycles. The summed E-state index contributed by atoms with van der Waals surface area (Å²) in [6.07, 6.45) is 2.64. The molecular weight excluding hydrogens is 350 g/mol. The van der Waals surface area contributed by atoms with Crippen molar-refractivity contribution < 1.29 is 18.9 Å². The highest BCUT2D eigenvalue weighted by molar-refractivity contribution is 5.91. The molecule has 1 fully saturated rings. The highest BCUT2D eigenvalue weighted by atomic mass is 16.6. The zero-order chi connectivity index (χ0) is 19.4. The van der Waals surface area contributed by atoms with E-state index in [1.54, 1.807) is 41.1 Å². The predicted molar refractivity (Wildman–Crippen MR) is 96.9 cm³/mol. The Balaban J connectivity index is 1.55. The van der Waals surface area contributed by atoms with Gasteiger partial charge in [-0.05, 0) is 30.5 Å². The number of piperidine rings is 1. The van der Waals surface area contributed by atoms with E-state index < -0.39 is 4.92 Å². The molecule has 0 N–H and O–H groups in total. The number of rotatable bonds is 5. The Morgan fingerprint density at radius 2 is 2.00 bits per heavy atom. The third kappa shape index (κ3) is 4.33. The van der Waals surface area contributed by atoms with Crippen molar-refractivity contribution in [3.63, 3.8) is 0 Å². The van der Waals surface area contributed by atoms with Crippen LogP contribution < -0.4 is 0 Å². The number of likely N-dealkylation sites (tertiary alicyclic amines) is 1. The fourth-order valence-electron chi connectivity index (χ4n) is 3.32. The lowest BCUT2D eigenvalue weighted by molar-refractivity contribution is -0.384. The number of hydrogen-bond acceptors (Lipinski definition) is 5. The van der Waals surface area contributed by atoms with Crippen LogP contribution in [0.4, 0.5) is 5.69 Å². The summed E-state index contributed by atoms with van der Waals surface area (Å²) in [5, 5.41) is 10.9. The molecule has 1 aliphatic rings. The van der Waals surface area contributed by atoms with Crippen molar-refractivity contribution in [3.05, 3.63) is 64.1 Å². The molecular formula is C19H21N3O5. The third-order valence-electron chi connectivity index (χ3n) is 4.78. The number of benzene rings is 1. The average molecular weight is 371 g/mol. The minimum absolute atomic E-state index is 0.00777. The van der Waals surface area contributed by atoms with E-state index in [2.05, 4.69) is 0 Å². The van der Waals surface area contributed by atoms with Gasteiger partial charge in [-0.3, -0.25) is 19.7 Å². The van der Waals surface area contributed by atoms with Crippen LogP contribution in [-0.4, -0.2) is 46.7 Å². The van der Waals surface area contributed by atoms with Gasteiger partial charge in [-0.2, -0.15) is 0 Å². The van der Waals surface area contributed by atoms with Crippen LogP contribution in [-0.2, 0) is 11.3 Å². The summed E-state index contributed by atoms with van der Waals surface area (Å²) in [6, 6.07) is 9.59. The van der Waals surface area contributed by atoms with Gasteiger partial charge in [0.15, 0.2) is 5.76 Å². The lowest BCUT2D eigenvalue weighted by Crippen LogP contribution is -2.43. The van der Waals surface area contributed by atoms with Crippen LogP contribution in [0.5, 0.6) is 0 Å². The van der Waals surface area contributed by atoms with Crippen LogP contribution in [0.3, 0.4) is 0 Å². The van der Waals surface area contributed by atoms with E-state index in [9.17, 15) is 19.7 Å². The quantitative estimate of drug-likeness (QED) is 0.595. The van der Waals surface area contributed by atoms with Gasteiger partial charge in [0.05, 0.1) is 11.2 Å².